The molecular formula is C19H16N2O5. The molecule has 2 aromatic heterocycles. The molecule has 1 N–H and O–H groups in total. The molecule has 7 heteroatoms. The SMILES string of the molecule is C[C@H]1Cc2cc(-c3cc(CNC(=O)c4ccc(=O)oc4)no3)ccc2O1. The highest BCUT2D eigenvalue weighted by Gasteiger charge is 2.20. The van der Waals surface area contributed by atoms with Gasteiger partial charge in [-0.3, -0.25) is 4.79 Å². The Labute approximate surface area is 148 Å². The number of aromatic nitrogens is 1. The van der Waals surface area contributed by atoms with E-state index in [2.05, 4.69) is 14.9 Å². The summed E-state index contributed by atoms with van der Waals surface area (Å²) in [6.45, 7) is 2.24. The van der Waals surface area contributed by atoms with Crippen LogP contribution in [0.5, 0.6) is 5.75 Å². The minimum atomic E-state index is -0.503. The fourth-order valence-electron chi connectivity index (χ4n) is 2.87. The van der Waals surface area contributed by atoms with Gasteiger partial charge in [0.05, 0.1) is 12.1 Å². The highest BCUT2D eigenvalue weighted by Crippen LogP contribution is 2.33. The lowest BCUT2D eigenvalue weighted by Crippen LogP contribution is -2.23. The van der Waals surface area contributed by atoms with E-state index in [0.717, 1.165) is 29.6 Å². The van der Waals surface area contributed by atoms with Crippen molar-refractivity contribution in [1.82, 2.24) is 10.5 Å². The van der Waals surface area contributed by atoms with Gasteiger partial charge in [0, 0.05) is 24.1 Å². The van der Waals surface area contributed by atoms with E-state index in [1.807, 2.05) is 25.1 Å². The molecule has 1 aromatic carbocycles. The first-order valence-electron chi connectivity index (χ1n) is 8.21. The number of ether oxygens (including phenoxy) is 1. The molecule has 1 aliphatic rings. The molecule has 0 fully saturated rings. The van der Waals surface area contributed by atoms with E-state index >= 15 is 0 Å². The Kier molecular flexibility index (Phi) is 4.04. The van der Waals surface area contributed by atoms with E-state index in [9.17, 15) is 9.59 Å². The number of nitrogens with zero attached hydrogens (tertiary/aromatic N) is 1. The lowest BCUT2D eigenvalue weighted by atomic mass is 10.1. The van der Waals surface area contributed by atoms with Gasteiger partial charge in [-0.25, -0.2) is 4.79 Å². The van der Waals surface area contributed by atoms with Gasteiger partial charge in [0.2, 0.25) is 0 Å². The van der Waals surface area contributed by atoms with E-state index in [1.54, 1.807) is 6.07 Å². The van der Waals surface area contributed by atoms with Crippen LogP contribution in [0.1, 0.15) is 28.5 Å². The van der Waals surface area contributed by atoms with Gasteiger partial charge in [0.15, 0.2) is 5.76 Å². The van der Waals surface area contributed by atoms with E-state index in [-0.39, 0.29) is 24.1 Å². The molecule has 1 amide bonds. The van der Waals surface area contributed by atoms with Gasteiger partial charge in [-0.15, -0.1) is 0 Å². The minimum Gasteiger partial charge on any atom is -0.490 e. The Balaban J connectivity index is 1.44. The number of hydrogen-bond acceptors (Lipinski definition) is 6. The normalized spacial score (nSPS) is 15.3. The van der Waals surface area contributed by atoms with Crippen molar-refractivity contribution < 1.29 is 18.5 Å². The third-order valence-electron chi connectivity index (χ3n) is 4.13. The number of fused-ring (bicyclic) bond motifs is 1. The lowest BCUT2D eigenvalue weighted by molar-refractivity contribution is 0.0947. The van der Waals surface area contributed by atoms with Gasteiger partial charge < -0.3 is 19.0 Å². The number of rotatable bonds is 4. The van der Waals surface area contributed by atoms with Crippen LogP contribution in [0.4, 0.5) is 0 Å². The van der Waals surface area contributed by atoms with E-state index in [1.165, 1.54) is 12.1 Å². The zero-order valence-corrected chi connectivity index (χ0v) is 14.0. The van der Waals surface area contributed by atoms with Gasteiger partial charge in [-0.1, -0.05) is 5.16 Å². The van der Waals surface area contributed by atoms with Crippen LogP contribution in [-0.2, 0) is 13.0 Å². The van der Waals surface area contributed by atoms with Crippen LogP contribution in [0.25, 0.3) is 11.3 Å². The summed E-state index contributed by atoms with van der Waals surface area (Å²) in [6.07, 6.45) is 2.18. The quantitative estimate of drug-likeness (QED) is 0.775. The second kappa shape index (κ2) is 6.51. The number of hydrogen-bond donors (Lipinski definition) is 1. The Hall–Kier alpha value is -3.35. The summed E-state index contributed by atoms with van der Waals surface area (Å²) in [5.41, 5.74) is 2.41. The molecule has 0 bridgehead atoms. The molecule has 26 heavy (non-hydrogen) atoms. The molecule has 4 rings (SSSR count). The largest absolute Gasteiger partial charge is 0.490 e. The Bertz CT molecular complexity index is 1000. The van der Waals surface area contributed by atoms with Crippen molar-refractivity contribution >= 4 is 5.91 Å². The molecule has 1 aliphatic heterocycles. The Morgan fingerprint density at radius 3 is 2.96 bits per heavy atom. The van der Waals surface area contributed by atoms with Crippen molar-refractivity contribution in [1.29, 1.82) is 0 Å². The average molecular weight is 352 g/mol. The predicted octanol–water partition coefficient (Wildman–Crippen LogP) is 2.55. The molecule has 0 spiro atoms. The van der Waals surface area contributed by atoms with Crippen LogP contribution < -0.4 is 15.7 Å². The fraction of sp³-hybridized carbons (Fsp3) is 0.211. The first-order valence-corrected chi connectivity index (χ1v) is 8.21. The first-order chi connectivity index (χ1) is 12.6. The number of benzene rings is 1. The van der Waals surface area contributed by atoms with E-state index < -0.39 is 5.63 Å². The molecule has 7 nitrogen and oxygen atoms in total. The third-order valence-corrected chi connectivity index (χ3v) is 4.13. The van der Waals surface area contributed by atoms with Crippen molar-refractivity contribution in [2.24, 2.45) is 0 Å². The van der Waals surface area contributed by atoms with Crippen LogP contribution in [0.2, 0.25) is 0 Å². The summed E-state index contributed by atoms with van der Waals surface area (Å²) in [7, 11) is 0. The molecule has 0 unspecified atom stereocenters. The third kappa shape index (κ3) is 3.23. The Morgan fingerprint density at radius 1 is 1.27 bits per heavy atom. The van der Waals surface area contributed by atoms with Gasteiger partial charge in [-0.05, 0) is 36.8 Å². The highest BCUT2D eigenvalue weighted by molar-refractivity contribution is 5.93. The average Bonchev–Trinajstić information content (AvgIpc) is 3.25. The van der Waals surface area contributed by atoms with Gasteiger partial charge >= 0.3 is 5.63 Å². The second-order valence-electron chi connectivity index (χ2n) is 6.16. The van der Waals surface area contributed by atoms with Gasteiger partial charge in [0.25, 0.3) is 5.91 Å². The molecule has 0 saturated carbocycles. The summed E-state index contributed by atoms with van der Waals surface area (Å²) in [5.74, 6) is 1.17. The van der Waals surface area contributed by atoms with Crippen LogP contribution in [0.15, 0.2) is 56.4 Å². The maximum absolute atomic E-state index is 12.0. The van der Waals surface area contributed by atoms with Crippen LogP contribution in [0, 0.1) is 0 Å². The van der Waals surface area contributed by atoms with Crippen molar-refractivity contribution in [3.8, 4) is 17.1 Å². The first kappa shape index (κ1) is 16.1. The maximum Gasteiger partial charge on any atom is 0.335 e. The van der Waals surface area contributed by atoms with E-state index in [0.29, 0.717) is 11.5 Å². The number of amides is 1. The topological polar surface area (TPSA) is 94.6 Å². The monoisotopic (exact) mass is 352 g/mol. The molecule has 3 heterocycles. The summed E-state index contributed by atoms with van der Waals surface area (Å²) in [5, 5.41) is 6.69. The molecule has 3 aromatic rings. The van der Waals surface area contributed by atoms with Gasteiger partial charge in [0.1, 0.15) is 23.8 Å². The fourth-order valence-corrected chi connectivity index (χ4v) is 2.87. The number of carbonyl (C=O) groups is 1. The molecule has 0 saturated heterocycles. The van der Waals surface area contributed by atoms with E-state index in [4.69, 9.17) is 9.26 Å². The van der Waals surface area contributed by atoms with Crippen LogP contribution >= 0.6 is 0 Å². The Morgan fingerprint density at radius 2 is 2.15 bits per heavy atom. The summed E-state index contributed by atoms with van der Waals surface area (Å²) >= 11 is 0. The predicted molar refractivity (Wildman–Crippen MR) is 91.9 cm³/mol. The summed E-state index contributed by atoms with van der Waals surface area (Å²) in [6, 6.07) is 10.3. The zero-order chi connectivity index (χ0) is 18.1. The minimum absolute atomic E-state index is 0.183. The molecule has 1 atom stereocenters. The summed E-state index contributed by atoms with van der Waals surface area (Å²) < 4.78 is 15.8. The molecule has 132 valence electrons. The highest BCUT2D eigenvalue weighted by atomic mass is 16.5. The smallest absolute Gasteiger partial charge is 0.335 e. The molecule has 0 radical (unpaired) electrons. The van der Waals surface area contributed by atoms with Crippen molar-refractivity contribution in [3.63, 3.8) is 0 Å². The molecule has 0 aliphatic carbocycles. The van der Waals surface area contributed by atoms with Gasteiger partial charge in [-0.2, -0.15) is 0 Å². The van der Waals surface area contributed by atoms with Crippen molar-refractivity contribution in [2.75, 3.05) is 0 Å². The van der Waals surface area contributed by atoms with Crippen LogP contribution in [0.3, 0.4) is 0 Å². The maximum atomic E-state index is 12.0. The molecular weight excluding hydrogens is 336 g/mol. The van der Waals surface area contributed by atoms with Crippen LogP contribution in [-0.4, -0.2) is 17.2 Å². The zero-order valence-electron chi connectivity index (χ0n) is 14.0. The lowest BCUT2D eigenvalue weighted by Gasteiger charge is -2.02. The van der Waals surface area contributed by atoms with Crippen molar-refractivity contribution in [3.05, 3.63) is 69.9 Å². The second-order valence-corrected chi connectivity index (χ2v) is 6.16. The number of carbonyl (C=O) groups excluding carboxylic acids is 1. The standard InChI is InChI=1S/C19H16N2O5/c1-11-6-14-7-12(2-4-16(14)25-11)17-8-15(21-26-17)9-20-19(23)13-3-5-18(22)24-10-13/h2-5,7-8,10-11H,6,9H2,1H3,(H,20,23)/t11-/m0/s1. The van der Waals surface area contributed by atoms with Crippen molar-refractivity contribution in [2.45, 2.75) is 26.0 Å². The summed E-state index contributed by atoms with van der Waals surface area (Å²) in [4.78, 5) is 22.9. The number of nitrogens with one attached hydrogen (secondary N) is 1.